The predicted molar refractivity (Wildman–Crippen MR) is 136 cm³/mol. The molecule has 2 aromatic carbocycles. The summed E-state index contributed by atoms with van der Waals surface area (Å²) in [4.78, 5) is 29.9. The molecular formula is C28H32N4O3. The summed E-state index contributed by atoms with van der Waals surface area (Å²) < 4.78 is 1.71. The maximum Gasteiger partial charge on any atom is 0.295 e. The van der Waals surface area contributed by atoms with Gasteiger partial charge >= 0.3 is 0 Å². The highest BCUT2D eigenvalue weighted by molar-refractivity contribution is 6.46. The van der Waals surface area contributed by atoms with Crippen molar-refractivity contribution in [1.29, 1.82) is 0 Å². The number of aliphatic hydroxyl groups is 1. The van der Waals surface area contributed by atoms with Gasteiger partial charge in [0.25, 0.3) is 11.7 Å². The van der Waals surface area contributed by atoms with Gasteiger partial charge in [0, 0.05) is 13.1 Å². The van der Waals surface area contributed by atoms with Gasteiger partial charge in [-0.2, -0.15) is 5.10 Å². The van der Waals surface area contributed by atoms with E-state index >= 15 is 0 Å². The van der Waals surface area contributed by atoms with Crippen molar-refractivity contribution in [3.63, 3.8) is 0 Å². The van der Waals surface area contributed by atoms with Crippen molar-refractivity contribution in [2.75, 3.05) is 27.2 Å². The van der Waals surface area contributed by atoms with Crippen molar-refractivity contribution in [2.24, 2.45) is 0 Å². The molecule has 7 heteroatoms. The van der Waals surface area contributed by atoms with E-state index in [0.29, 0.717) is 30.3 Å². The number of hydrogen-bond donors (Lipinski definition) is 1. The number of para-hydroxylation sites is 1. The van der Waals surface area contributed by atoms with Crippen molar-refractivity contribution in [3.8, 4) is 5.69 Å². The first kappa shape index (κ1) is 24.4. The first-order valence-corrected chi connectivity index (χ1v) is 11.8. The van der Waals surface area contributed by atoms with E-state index in [-0.39, 0.29) is 11.3 Å². The molecular weight excluding hydrogens is 440 g/mol. The van der Waals surface area contributed by atoms with E-state index in [0.717, 1.165) is 11.3 Å². The number of amides is 1. The first-order chi connectivity index (χ1) is 16.7. The van der Waals surface area contributed by atoms with Gasteiger partial charge in [0.2, 0.25) is 0 Å². The van der Waals surface area contributed by atoms with E-state index in [9.17, 15) is 14.7 Å². The Balaban J connectivity index is 1.83. The third kappa shape index (κ3) is 4.64. The summed E-state index contributed by atoms with van der Waals surface area (Å²) in [7, 11) is 3.84. The molecule has 182 valence electrons. The Labute approximate surface area is 206 Å². The van der Waals surface area contributed by atoms with Crippen molar-refractivity contribution in [3.05, 3.63) is 88.8 Å². The Hall–Kier alpha value is -3.71. The molecule has 35 heavy (non-hydrogen) atoms. The Bertz CT molecular complexity index is 1260. The average Bonchev–Trinajstić information content (AvgIpc) is 3.35. The molecule has 1 atom stereocenters. The highest BCUT2D eigenvalue weighted by atomic mass is 16.3. The minimum atomic E-state index is -0.675. The average molecular weight is 473 g/mol. The second-order valence-corrected chi connectivity index (χ2v) is 9.51. The molecule has 0 radical (unpaired) electrons. The van der Waals surface area contributed by atoms with Gasteiger partial charge in [-0.1, -0.05) is 56.3 Å². The van der Waals surface area contributed by atoms with Crippen molar-refractivity contribution < 1.29 is 14.7 Å². The monoisotopic (exact) mass is 472 g/mol. The van der Waals surface area contributed by atoms with Crippen molar-refractivity contribution >= 4 is 17.4 Å². The van der Waals surface area contributed by atoms with Crippen LogP contribution in [0.3, 0.4) is 0 Å². The number of likely N-dealkylation sites (tertiary alicyclic amines) is 1. The van der Waals surface area contributed by atoms with Gasteiger partial charge in [-0.05, 0) is 50.2 Å². The molecule has 3 aromatic rings. The molecule has 1 aliphatic rings. The van der Waals surface area contributed by atoms with Crippen LogP contribution in [0.15, 0.2) is 66.4 Å². The van der Waals surface area contributed by atoms with Crippen LogP contribution in [-0.4, -0.2) is 63.6 Å². The molecule has 4 rings (SSSR count). The summed E-state index contributed by atoms with van der Waals surface area (Å²) in [6, 6.07) is 16.8. The maximum absolute atomic E-state index is 13.3. The number of nitrogens with zero attached hydrogens (tertiary/aromatic N) is 4. The van der Waals surface area contributed by atoms with Gasteiger partial charge in [-0.15, -0.1) is 0 Å². The zero-order valence-electron chi connectivity index (χ0n) is 20.9. The van der Waals surface area contributed by atoms with Gasteiger partial charge in [-0.3, -0.25) is 9.59 Å². The molecule has 1 unspecified atom stereocenters. The molecule has 0 saturated carbocycles. The van der Waals surface area contributed by atoms with Crippen LogP contribution in [-0.2, 0) is 9.59 Å². The number of aliphatic hydroxyl groups excluding tert-OH is 1. The number of carbonyl (C=O) groups is 2. The summed E-state index contributed by atoms with van der Waals surface area (Å²) in [6.07, 6.45) is 1.55. The molecule has 0 bridgehead atoms. The Morgan fingerprint density at radius 2 is 1.71 bits per heavy atom. The van der Waals surface area contributed by atoms with Crippen LogP contribution < -0.4 is 0 Å². The summed E-state index contributed by atoms with van der Waals surface area (Å²) in [5.74, 6) is -1.12. The lowest BCUT2D eigenvalue weighted by Gasteiger charge is -2.26. The van der Waals surface area contributed by atoms with Crippen LogP contribution in [0.5, 0.6) is 0 Å². The SMILES string of the molecule is Cc1c(/C(O)=C2/C(=O)C(=O)N(CCN(C)C)C2c2ccc(C(C)C)cc2)cnn1-c1ccccc1. The zero-order chi connectivity index (χ0) is 25.3. The third-order valence-electron chi connectivity index (χ3n) is 6.51. The number of aromatic nitrogens is 2. The van der Waals surface area contributed by atoms with Gasteiger partial charge in [0.15, 0.2) is 0 Å². The lowest BCUT2D eigenvalue weighted by Crippen LogP contribution is -2.35. The van der Waals surface area contributed by atoms with E-state index in [2.05, 4.69) is 18.9 Å². The Morgan fingerprint density at radius 1 is 1.06 bits per heavy atom. The quantitative estimate of drug-likeness (QED) is 0.315. The summed E-state index contributed by atoms with van der Waals surface area (Å²) in [5, 5.41) is 15.9. The number of rotatable bonds is 7. The fourth-order valence-corrected chi connectivity index (χ4v) is 4.44. The summed E-state index contributed by atoms with van der Waals surface area (Å²) >= 11 is 0. The fraction of sp³-hybridized carbons (Fsp3) is 0.321. The number of ketones is 1. The number of likely N-dealkylation sites (N-methyl/N-ethyl adjacent to an activating group) is 1. The second-order valence-electron chi connectivity index (χ2n) is 9.51. The molecule has 1 amide bonds. The lowest BCUT2D eigenvalue weighted by atomic mass is 9.93. The lowest BCUT2D eigenvalue weighted by molar-refractivity contribution is -0.140. The van der Waals surface area contributed by atoms with Gasteiger partial charge < -0.3 is 14.9 Å². The van der Waals surface area contributed by atoms with E-state index < -0.39 is 17.7 Å². The minimum Gasteiger partial charge on any atom is -0.507 e. The van der Waals surface area contributed by atoms with Crippen LogP contribution in [0, 0.1) is 6.92 Å². The Morgan fingerprint density at radius 3 is 2.31 bits per heavy atom. The maximum atomic E-state index is 13.3. The highest BCUT2D eigenvalue weighted by Crippen LogP contribution is 2.40. The van der Waals surface area contributed by atoms with Crippen LogP contribution in [0.4, 0.5) is 0 Å². The fourth-order valence-electron chi connectivity index (χ4n) is 4.44. The zero-order valence-corrected chi connectivity index (χ0v) is 20.9. The summed E-state index contributed by atoms with van der Waals surface area (Å²) in [5.41, 5.74) is 4.02. The van der Waals surface area contributed by atoms with E-state index in [1.165, 1.54) is 5.56 Å². The number of benzene rings is 2. The molecule has 1 aromatic heterocycles. The Kier molecular flexibility index (Phi) is 6.89. The van der Waals surface area contributed by atoms with Gasteiger partial charge in [-0.25, -0.2) is 4.68 Å². The van der Waals surface area contributed by atoms with Crippen molar-refractivity contribution in [1.82, 2.24) is 19.6 Å². The number of Topliss-reactive ketones (excluding diaryl/α,β-unsaturated/α-hetero) is 1. The largest absolute Gasteiger partial charge is 0.507 e. The van der Waals surface area contributed by atoms with Gasteiger partial charge in [0.05, 0.1) is 34.8 Å². The predicted octanol–water partition coefficient (Wildman–Crippen LogP) is 4.29. The molecule has 1 saturated heterocycles. The van der Waals surface area contributed by atoms with E-state index in [1.807, 2.05) is 80.5 Å². The second kappa shape index (κ2) is 9.88. The first-order valence-electron chi connectivity index (χ1n) is 11.8. The topological polar surface area (TPSA) is 78.7 Å². The molecule has 1 aliphatic heterocycles. The normalized spacial score (nSPS) is 17.7. The van der Waals surface area contributed by atoms with Crippen LogP contribution in [0.25, 0.3) is 11.4 Å². The molecule has 1 N–H and O–H groups in total. The number of hydrogen-bond acceptors (Lipinski definition) is 5. The van der Waals surface area contributed by atoms with Crippen LogP contribution in [0.2, 0.25) is 0 Å². The minimum absolute atomic E-state index is 0.0989. The standard InChI is InChI=1S/C28H32N4O3/c1-18(2)20-11-13-21(14-12-20)25-24(27(34)28(35)31(25)16-15-30(4)5)26(33)23-17-29-32(19(23)3)22-9-7-6-8-10-22/h6-14,17-18,25,33H,15-16H2,1-5H3/b26-24-. The van der Waals surface area contributed by atoms with Crippen LogP contribution >= 0.6 is 0 Å². The highest BCUT2D eigenvalue weighted by Gasteiger charge is 2.46. The molecule has 1 fully saturated rings. The van der Waals surface area contributed by atoms with Crippen LogP contribution in [0.1, 0.15) is 48.2 Å². The summed E-state index contributed by atoms with van der Waals surface area (Å²) in [6.45, 7) is 7.03. The molecule has 2 heterocycles. The molecule has 0 spiro atoms. The van der Waals surface area contributed by atoms with E-state index in [1.54, 1.807) is 15.8 Å². The van der Waals surface area contributed by atoms with Crippen molar-refractivity contribution in [2.45, 2.75) is 32.7 Å². The smallest absolute Gasteiger partial charge is 0.295 e. The molecule has 7 nitrogen and oxygen atoms in total. The molecule has 0 aliphatic carbocycles. The third-order valence-corrected chi connectivity index (χ3v) is 6.51. The number of carbonyl (C=O) groups excluding carboxylic acids is 2. The van der Waals surface area contributed by atoms with Gasteiger partial charge in [0.1, 0.15) is 5.76 Å². The van der Waals surface area contributed by atoms with E-state index in [4.69, 9.17) is 0 Å².